The van der Waals surface area contributed by atoms with Crippen LogP contribution in [0.2, 0.25) is 0 Å². The molecule has 1 amide bonds. The lowest BCUT2D eigenvalue weighted by Gasteiger charge is -2.30. The molecule has 2 rings (SSSR count). The van der Waals surface area contributed by atoms with Gasteiger partial charge in [0, 0.05) is 12.6 Å². The normalized spacial score (nSPS) is 19.2. The van der Waals surface area contributed by atoms with Crippen molar-refractivity contribution < 1.29 is 19.4 Å². The molecule has 1 saturated heterocycles. The third-order valence-corrected chi connectivity index (χ3v) is 3.25. The Labute approximate surface area is 117 Å². The summed E-state index contributed by atoms with van der Waals surface area (Å²) < 4.78 is 5.08. The van der Waals surface area contributed by atoms with Gasteiger partial charge in [0.1, 0.15) is 0 Å². The fourth-order valence-electron chi connectivity index (χ4n) is 2.04. The minimum Gasteiger partial charge on any atom is -0.479 e. The molecule has 1 aliphatic rings. The highest BCUT2D eigenvalue weighted by molar-refractivity contribution is 5.92. The number of aryl methyl sites for hydroxylation is 1. The van der Waals surface area contributed by atoms with E-state index < -0.39 is 12.1 Å². The van der Waals surface area contributed by atoms with Gasteiger partial charge >= 0.3 is 5.97 Å². The van der Waals surface area contributed by atoms with Crippen molar-refractivity contribution in [3.63, 3.8) is 0 Å². The van der Waals surface area contributed by atoms with E-state index in [0.717, 1.165) is 11.1 Å². The summed E-state index contributed by atoms with van der Waals surface area (Å²) in [7, 11) is 0. The van der Waals surface area contributed by atoms with Gasteiger partial charge in [-0.2, -0.15) is 0 Å². The minimum absolute atomic E-state index is 0.0896. The molecular weight excluding hydrogens is 258 g/mol. The molecule has 1 aromatic rings. The Morgan fingerprint density at radius 3 is 2.85 bits per heavy atom. The molecule has 1 unspecified atom stereocenters. The molecule has 1 N–H and O–H groups in total. The third kappa shape index (κ3) is 3.45. The molecule has 1 fully saturated rings. The number of ether oxygens (including phenoxy) is 1. The van der Waals surface area contributed by atoms with E-state index in [0.29, 0.717) is 6.54 Å². The number of carbonyl (C=O) groups excluding carboxylic acids is 1. The number of benzene rings is 1. The monoisotopic (exact) mass is 275 g/mol. The summed E-state index contributed by atoms with van der Waals surface area (Å²) in [6.45, 7) is 2.73. The molecule has 1 atom stereocenters. The lowest BCUT2D eigenvalue weighted by atomic mass is 10.1. The summed E-state index contributed by atoms with van der Waals surface area (Å²) in [5.74, 6) is -1.23. The highest BCUT2D eigenvalue weighted by atomic mass is 16.5. The fourth-order valence-corrected chi connectivity index (χ4v) is 2.04. The van der Waals surface area contributed by atoms with Gasteiger partial charge in [0.2, 0.25) is 5.91 Å². The smallest absolute Gasteiger partial charge is 0.334 e. The van der Waals surface area contributed by atoms with E-state index in [1.807, 2.05) is 31.2 Å². The third-order valence-electron chi connectivity index (χ3n) is 3.25. The number of rotatable bonds is 3. The maximum atomic E-state index is 12.0. The predicted molar refractivity (Wildman–Crippen MR) is 74.2 cm³/mol. The molecule has 0 radical (unpaired) electrons. The highest BCUT2D eigenvalue weighted by Crippen LogP contribution is 2.11. The van der Waals surface area contributed by atoms with Crippen LogP contribution in [0.25, 0.3) is 6.08 Å². The van der Waals surface area contributed by atoms with Crippen LogP contribution in [0, 0.1) is 6.92 Å². The van der Waals surface area contributed by atoms with Crippen LogP contribution in [0.3, 0.4) is 0 Å². The summed E-state index contributed by atoms with van der Waals surface area (Å²) in [6, 6.07) is 7.75. The van der Waals surface area contributed by atoms with Crippen molar-refractivity contribution in [3.05, 3.63) is 41.5 Å². The SMILES string of the molecule is Cc1ccccc1C=CC(=O)N1CCOC(C(=O)O)C1. The van der Waals surface area contributed by atoms with Gasteiger partial charge < -0.3 is 14.7 Å². The number of carboxylic acids is 1. The number of carboxylic acid groups (broad SMARTS) is 1. The van der Waals surface area contributed by atoms with Gasteiger partial charge in [-0.15, -0.1) is 0 Å². The Morgan fingerprint density at radius 2 is 2.15 bits per heavy atom. The maximum absolute atomic E-state index is 12.0. The molecule has 0 spiro atoms. The lowest BCUT2D eigenvalue weighted by molar-refractivity contribution is -0.158. The van der Waals surface area contributed by atoms with E-state index in [9.17, 15) is 9.59 Å². The van der Waals surface area contributed by atoms with Gasteiger partial charge in [0.05, 0.1) is 13.2 Å². The zero-order chi connectivity index (χ0) is 14.5. The van der Waals surface area contributed by atoms with E-state index >= 15 is 0 Å². The molecule has 0 bridgehead atoms. The van der Waals surface area contributed by atoms with Crippen LogP contribution in [-0.4, -0.2) is 47.7 Å². The quantitative estimate of drug-likeness (QED) is 0.845. The van der Waals surface area contributed by atoms with Crippen molar-refractivity contribution in [3.8, 4) is 0 Å². The second-order valence-electron chi connectivity index (χ2n) is 4.67. The van der Waals surface area contributed by atoms with Gasteiger partial charge in [-0.1, -0.05) is 24.3 Å². The topological polar surface area (TPSA) is 66.8 Å². The van der Waals surface area contributed by atoms with Gasteiger partial charge in [-0.05, 0) is 24.1 Å². The standard InChI is InChI=1S/C15H17NO4/c1-11-4-2-3-5-12(11)6-7-14(17)16-8-9-20-13(10-16)15(18)19/h2-7,13H,8-10H2,1H3,(H,18,19). The Morgan fingerprint density at radius 1 is 1.40 bits per heavy atom. The van der Waals surface area contributed by atoms with E-state index in [1.165, 1.54) is 11.0 Å². The van der Waals surface area contributed by atoms with Crippen LogP contribution in [-0.2, 0) is 14.3 Å². The lowest BCUT2D eigenvalue weighted by Crippen LogP contribution is -2.48. The first-order chi connectivity index (χ1) is 9.58. The average molecular weight is 275 g/mol. The van der Waals surface area contributed by atoms with Crippen molar-refractivity contribution in [1.29, 1.82) is 0 Å². The van der Waals surface area contributed by atoms with E-state index in [2.05, 4.69) is 0 Å². The van der Waals surface area contributed by atoms with E-state index in [-0.39, 0.29) is 19.1 Å². The summed E-state index contributed by atoms with van der Waals surface area (Å²) in [4.78, 5) is 24.4. The first-order valence-corrected chi connectivity index (χ1v) is 6.45. The Hall–Kier alpha value is -2.14. The van der Waals surface area contributed by atoms with Crippen molar-refractivity contribution in [2.24, 2.45) is 0 Å². The number of hydrogen-bond acceptors (Lipinski definition) is 3. The van der Waals surface area contributed by atoms with Crippen molar-refractivity contribution in [1.82, 2.24) is 4.90 Å². The van der Waals surface area contributed by atoms with Gasteiger partial charge in [0.25, 0.3) is 0 Å². The summed E-state index contributed by atoms with van der Waals surface area (Å²) >= 11 is 0. The number of hydrogen-bond donors (Lipinski definition) is 1. The molecule has 1 aliphatic heterocycles. The van der Waals surface area contributed by atoms with Gasteiger partial charge in [0.15, 0.2) is 6.10 Å². The number of aliphatic carboxylic acids is 1. The molecule has 106 valence electrons. The molecule has 1 heterocycles. The predicted octanol–water partition coefficient (Wildman–Crippen LogP) is 1.32. The molecule has 1 aromatic carbocycles. The molecule has 5 heteroatoms. The zero-order valence-corrected chi connectivity index (χ0v) is 11.3. The number of amides is 1. The first-order valence-electron chi connectivity index (χ1n) is 6.45. The van der Waals surface area contributed by atoms with Crippen LogP contribution in [0.4, 0.5) is 0 Å². The van der Waals surface area contributed by atoms with Crippen molar-refractivity contribution >= 4 is 18.0 Å². The molecule has 20 heavy (non-hydrogen) atoms. The molecule has 0 saturated carbocycles. The molecule has 0 aromatic heterocycles. The molecular formula is C15H17NO4. The van der Waals surface area contributed by atoms with E-state index in [4.69, 9.17) is 9.84 Å². The Kier molecular flexibility index (Phi) is 4.53. The molecule has 0 aliphatic carbocycles. The summed E-state index contributed by atoms with van der Waals surface area (Å²) in [6.07, 6.45) is 2.30. The van der Waals surface area contributed by atoms with Crippen LogP contribution in [0.15, 0.2) is 30.3 Å². The number of nitrogens with zero attached hydrogens (tertiary/aromatic N) is 1. The number of carbonyl (C=O) groups is 2. The van der Waals surface area contributed by atoms with Gasteiger partial charge in [-0.3, -0.25) is 4.79 Å². The van der Waals surface area contributed by atoms with Crippen LogP contribution in [0.5, 0.6) is 0 Å². The van der Waals surface area contributed by atoms with Crippen molar-refractivity contribution in [2.45, 2.75) is 13.0 Å². The highest BCUT2D eigenvalue weighted by Gasteiger charge is 2.27. The minimum atomic E-state index is -1.04. The first kappa shape index (κ1) is 14.3. The van der Waals surface area contributed by atoms with Crippen LogP contribution < -0.4 is 0 Å². The van der Waals surface area contributed by atoms with Crippen LogP contribution in [0.1, 0.15) is 11.1 Å². The number of morpholine rings is 1. The second kappa shape index (κ2) is 6.34. The largest absolute Gasteiger partial charge is 0.479 e. The average Bonchev–Trinajstić information content (AvgIpc) is 2.46. The van der Waals surface area contributed by atoms with Crippen LogP contribution >= 0.6 is 0 Å². The summed E-state index contributed by atoms with van der Waals surface area (Å²) in [5, 5.41) is 8.90. The maximum Gasteiger partial charge on any atom is 0.334 e. The second-order valence-corrected chi connectivity index (χ2v) is 4.67. The Bertz CT molecular complexity index is 538. The van der Waals surface area contributed by atoms with Gasteiger partial charge in [-0.25, -0.2) is 4.79 Å². The fraction of sp³-hybridized carbons (Fsp3) is 0.333. The Balaban J connectivity index is 2.01. The molecule has 5 nitrogen and oxygen atoms in total. The van der Waals surface area contributed by atoms with E-state index in [1.54, 1.807) is 6.08 Å². The summed E-state index contributed by atoms with van der Waals surface area (Å²) in [5.41, 5.74) is 2.06. The zero-order valence-electron chi connectivity index (χ0n) is 11.3. The van der Waals surface area contributed by atoms with Crippen molar-refractivity contribution in [2.75, 3.05) is 19.7 Å².